The van der Waals surface area contributed by atoms with E-state index in [9.17, 15) is 9.59 Å². The van der Waals surface area contributed by atoms with E-state index in [4.69, 9.17) is 5.73 Å². The summed E-state index contributed by atoms with van der Waals surface area (Å²) in [4.78, 5) is 31.2. The molecule has 0 fully saturated rings. The number of nitrogen functional groups attached to an aromatic ring is 1. The van der Waals surface area contributed by atoms with Crippen LogP contribution < -0.4 is 16.4 Å². The highest BCUT2D eigenvalue weighted by molar-refractivity contribution is 5.96. The van der Waals surface area contributed by atoms with Crippen molar-refractivity contribution in [2.75, 3.05) is 18.8 Å². The van der Waals surface area contributed by atoms with Crippen LogP contribution in [0.1, 0.15) is 21.0 Å². The first kappa shape index (κ1) is 14.5. The highest BCUT2D eigenvalue weighted by atomic mass is 16.2. The van der Waals surface area contributed by atoms with Gasteiger partial charge in [-0.15, -0.1) is 0 Å². The van der Waals surface area contributed by atoms with Gasteiger partial charge in [0.15, 0.2) is 11.5 Å². The summed E-state index contributed by atoms with van der Waals surface area (Å²) in [6.45, 7) is 0.570. The van der Waals surface area contributed by atoms with E-state index in [0.29, 0.717) is 12.2 Å². The SMILES string of the molecule is Cn1cccc1C(=O)NCCNC(=O)c1nccnc1N. The quantitative estimate of drug-likeness (QED) is 0.645. The lowest BCUT2D eigenvalue weighted by Crippen LogP contribution is -2.35. The number of carbonyl (C=O) groups excluding carboxylic acids is 2. The molecular formula is C13H16N6O2. The number of aromatic nitrogens is 3. The minimum atomic E-state index is -0.422. The molecule has 2 rings (SSSR count). The van der Waals surface area contributed by atoms with Crippen molar-refractivity contribution in [1.29, 1.82) is 0 Å². The minimum absolute atomic E-state index is 0.0721. The molecule has 0 aromatic carbocycles. The fourth-order valence-electron chi connectivity index (χ4n) is 1.75. The summed E-state index contributed by atoms with van der Waals surface area (Å²) in [5.41, 5.74) is 6.18. The highest BCUT2D eigenvalue weighted by Crippen LogP contribution is 2.01. The van der Waals surface area contributed by atoms with E-state index in [1.54, 1.807) is 29.9 Å². The number of nitrogens with two attached hydrogens (primary N) is 1. The fourth-order valence-corrected chi connectivity index (χ4v) is 1.75. The fraction of sp³-hybridized carbons (Fsp3) is 0.231. The summed E-state index contributed by atoms with van der Waals surface area (Å²) >= 11 is 0. The molecule has 0 radical (unpaired) electrons. The highest BCUT2D eigenvalue weighted by Gasteiger charge is 2.12. The van der Waals surface area contributed by atoms with Crippen LogP contribution in [0.15, 0.2) is 30.7 Å². The van der Waals surface area contributed by atoms with Gasteiger partial charge in [-0.1, -0.05) is 0 Å². The summed E-state index contributed by atoms with van der Waals surface area (Å²) in [5, 5.41) is 5.32. The van der Waals surface area contributed by atoms with Crippen molar-refractivity contribution in [3.8, 4) is 0 Å². The van der Waals surface area contributed by atoms with Crippen LogP contribution in [0.2, 0.25) is 0 Å². The maximum atomic E-state index is 11.8. The average Bonchev–Trinajstić information content (AvgIpc) is 2.90. The molecular weight excluding hydrogens is 272 g/mol. The van der Waals surface area contributed by atoms with Gasteiger partial charge in [-0.3, -0.25) is 9.59 Å². The third-order valence-electron chi connectivity index (χ3n) is 2.81. The Morgan fingerprint density at radius 1 is 1.19 bits per heavy atom. The van der Waals surface area contributed by atoms with E-state index >= 15 is 0 Å². The molecule has 0 aliphatic carbocycles. The molecule has 21 heavy (non-hydrogen) atoms. The lowest BCUT2D eigenvalue weighted by atomic mass is 10.3. The molecule has 0 saturated carbocycles. The zero-order valence-corrected chi connectivity index (χ0v) is 11.5. The Kier molecular flexibility index (Phi) is 4.50. The Labute approximate surface area is 121 Å². The molecule has 0 spiro atoms. The number of carbonyl (C=O) groups is 2. The average molecular weight is 288 g/mol. The molecule has 4 N–H and O–H groups in total. The molecule has 2 heterocycles. The summed E-state index contributed by atoms with van der Waals surface area (Å²) in [7, 11) is 1.79. The number of hydrogen-bond donors (Lipinski definition) is 3. The molecule has 2 aromatic heterocycles. The van der Waals surface area contributed by atoms with E-state index in [0.717, 1.165) is 0 Å². The Morgan fingerprint density at radius 3 is 2.48 bits per heavy atom. The van der Waals surface area contributed by atoms with Crippen LogP contribution in [0.4, 0.5) is 5.82 Å². The normalized spacial score (nSPS) is 10.1. The molecule has 0 bridgehead atoms. The van der Waals surface area contributed by atoms with E-state index < -0.39 is 5.91 Å². The standard InChI is InChI=1S/C13H16N6O2/c1-19-8-2-3-9(19)12(20)17-6-7-18-13(21)10-11(14)16-5-4-15-10/h2-5,8H,6-7H2,1H3,(H2,14,16)(H,17,20)(H,18,21). The van der Waals surface area contributed by atoms with Gasteiger partial charge in [0.1, 0.15) is 5.69 Å². The molecule has 0 aliphatic heterocycles. The number of aryl methyl sites for hydroxylation is 1. The third kappa shape index (κ3) is 3.56. The number of amides is 2. The molecule has 0 atom stereocenters. The summed E-state index contributed by atoms with van der Waals surface area (Å²) in [6.07, 6.45) is 4.59. The zero-order chi connectivity index (χ0) is 15.2. The van der Waals surface area contributed by atoms with Crippen molar-refractivity contribution in [1.82, 2.24) is 25.2 Å². The summed E-state index contributed by atoms with van der Waals surface area (Å²) < 4.78 is 1.72. The van der Waals surface area contributed by atoms with Gasteiger partial charge in [-0.05, 0) is 12.1 Å². The molecule has 0 aliphatic rings. The first-order chi connectivity index (χ1) is 10.1. The second kappa shape index (κ2) is 6.51. The van der Waals surface area contributed by atoms with E-state index in [2.05, 4.69) is 20.6 Å². The van der Waals surface area contributed by atoms with Gasteiger partial charge in [-0.25, -0.2) is 9.97 Å². The largest absolute Gasteiger partial charge is 0.382 e. The zero-order valence-electron chi connectivity index (χ0n) is 11.5. The molecule has 0 unspecified atom stereocenters. The molecule has 2 amide bonds. The monoisotopic (exact) mass is 288 g/mol. The van der Waals surface area contributed by atoms with Gasteiger partial charge < -0.3 is 20.9 Å². The molecule has 8 heteroatoms. The minimum Gasteiger partial charge on any atom is -0.382 e. The van der Waals surface area contributed by atoms with Gasteiger partial charge in [0.25, 0.3) is 11.8 Å². The molecule has 8 nitrogen and oxygen atoms in total. The first-order valence-corrected chi connectivity index (χ1v) is 6.34. The van der Waals surface area contributed by atoms with Crippen molar-refractivity contribution >= 4 is 17.6 Å². The Balaban J connectivity index is 1.78. The van der Waals surface area contributed by atoms with Gasteiger partial charge in [0.2, 0.25) is 0 Å². The van der Waals surface area contributed by atoms with E-state index in [1.807, 2.05) is 0 Å². The second-order valence-corrected chi connectivity index (χ2v) is 4.31. The van der Waals surface area contributed by atoms with Gasteiger partial charge in [-0.2, -0.15) is 0 Å². The van der Waals surface area contributed by atoms with Crippen LogP contribution in [-0.4, -0.2) is 39.4 Å². The summed E-state index contributed by atoms with van der Waals surface area (Å²) in [6, 6.07) is 3.50. The van der Waals surface area contributed by atoms with Crippen molar-refractivity contribution in [3.05, 3.63) is 42.1 Å². The van der Waals surface area contributed by atoms with Crippen LogP contribution in [0.25, 0.3) is 0 Å². The lowest BCUT2D eigenvalue weighted by molar-refractivity contribution is 0.0921. The van der Waals surface area contributed by atoms with Crippen LogP contribution in [0.5, 0.6) is 0 Å². The Morgan fingerprint density at radius 2 is 1.86 bits per heavy atom. The third-order valence-corrected chi connectivity index (χ3v) is 2.81. The van der Waals surface area contributed by atoms with Crippen LogP contribution >= 0.6 is 0 Å². The number of nitrogens with zero attached hydrogens (tertiary/aromatic N) is 3. The number of hydrogen-bond acceptors (Lipinski definition) is 5. The lowest BCUT2D eigenvalue weighted by Gasteiger charge is -2.08. The Hall–Kier alpha value is -2.90. The van der Waals surface area contributed by atoms with Crippen molar-refractivity contribution < 1.29 is 9.59 Å². The number of nitrogens with one attached hydrogen (secondary N) is 2. The van der Waals surface area contributed by atoms with Crippen LogP contribution in [0, 0.1) is 0 Å². The van der Waals surface area contributed by atoms with Crippen LogP contribution in [-0.2, 0) is 7.05 Å². The number of rotatable bonds is 5. The van der Waals surface area contributed by atoms with Crippen LogP contribution in [0.3, 0.4) is 0 Å². The smallest absolute Gasteiger partial charge is 0.273 e. The number of anilines is 1. The van der Waals surface area contributed by atoms with Crippen molar-refractivity contribution in [2.45, 2.75) is 0 Å². The first-order valence-electron chi connectivity index (χ1n) is 6.34. The van der Waals surface area contributed by atoms with Crippen molar-refractivity contribution in [3.63, 3.8) is 0 Å². The molecule has 0 saturated heterocycles. The van der Waals surface area contributed by atoms with Crippen molar-refractivity contribution in [2.24, 2.45) is 7.05 Å². The summed E-state index contributed by atoms with van der Waals surface area (Å²) in [5.74, 6) is -0.549. The van der Waals surface area contributed by atoms with Gasteiger partial charge in [0.05, 0.1) is 0 Å². The van der Waals surface area contributed by atoms with E-state index in [1.165, 1.54) is 12.4 Å². The predicted octanol–water partition coefficient (Wildman–Crippen LogP) is -0.443. The van der Waals surface area contributed by atoms with Gasteiger partial charge >= 0.3 is 0 Å². The second-order valence-electron chi connectivity index (χ2n) is 4.31. The maximum Gasteiger partial charge on any atom is 0.273 e. The van der Waals surface area contributed by atoms with E-state index in [-0.39, 0.29) is 24.0 Å². The van der Waals surface area contributed by atoms with Gasteiger partial charge in [0, 0.05) is 38.7 Å². The molecule has 2 aromatic rings. The Bertz CT molecular complexity index is 652. The maximum absolute atomic E-state index is 11.8. The predicted molar refractivity (Wildman–Crippen MR) is 76.5 cm³/mol. The topological polar surface area (TPSA) is 115 Å². The molecule has 110 valence electrons.